The first-order chi connectivity index (χ1) is 22.6. The SMILES string of the molecule is C=C(C)[C@@H]1CC[C@]2(C(=O)NCCN(CC)CC)CC[C@]3(C)C(CCC4[C@@]5(C)CC=C(c6ccc(C(=O)O)cc6)C(C)(C)C5CC[C@]43C)C12. The van der Waals surface area contributed by atoms with Crippen LogP contribution in [0.2, 0.25) is 0 Å². The Morgan fingerprint density at radius 3 is 2.21 bits per heavy atom. The van der Waals surface area contributed by atoms with Crippen molar-refractivity contribution in [3.05, 3.63) is 53.6 Å². The summed E-state index contributed by atoms with van der Waals surface area (Å²) in [5.74, 6) is 2.02. The zero-order valence-electron chi connectivity index (χ0n) is 31.4. The van der Waals surface area contributed by atoms with Gasteiger partial charge in [0.05, 0.1) is 11.0 Å². The number of hydrogen-bond donors (Lipinski definition) is 2. The first-order valence-electron chi connectivity index (χ1n) is 19.3. The molecule has 9 atom stereocenters. The number of allylic oxidation sites excluding steroid dienone is 3. The molecule has 0 saturated heterocycles. The highest BCUT2D eigenvalue weighted by Crippen LogP contribution is 2.77. The number of rotatable bonds is 9. The number of nitrogens with one attached hydrogen (secondary N) is 1. The van der Waals surface area contributed by atoms with E-state index in [1.54, 1.807) is 12.1 Å². The molecule has 0 spiro atoms. The van der Waals surface area contributed by atoms with Crippen molar-refractivity contribution in [1.29, 1.82) is 0 Å². The topological polar surface area (TPSA) is 69.6 Å². The number of carboxylic acids is 1. The minimum Gasteiger partial charge on any atom is -0.478 e. The van der Waals surface area contributed by atoms with Crippen LogP contribution in [0.15, 0.2) is 42.5 Å². The van der Waals surface area contributed by atoms with E-state index in [9.17, 15) is 14.7 Å². The molecule has 2 N–H and O–H groups in total. The Morgan fingerprint density at radius 1 is 0.896 bits per heavy atom. The molecular formula is C43H64N2O3. The molecule has 0 aliphatic heterocycles. The maximum absolute atomic E-state index is 14.4. The van der Waals surface area contributed by atoms with Crippen molar-refractivity contribution in [2.75, 3.05) is 26.2 Å². The zero-order chi connectivity index (χ0) is 34.9. The Labute approximate surface area is 291 Å². The summed E-state index contributed by atoms with van der Waals surface area (Å²) in [6.45, 7) is 27.7. The zero-order valence-corrected chi connectivity index (χ0v) is 31.4. The van der Waals surface area contributed by atoms with E-state index in [0.29, 0.717) is 41.1 Å². The Hall–Kier alpha value is -2.40. The first-order valence-corrected chi connectivity index (χ1v) is 19.3. The van der Waals surface area contributed by atoms with Gasteiger partial charge in [-0.1, -0.05) is 78.8 Å². The van der Waals surface area contributed by atoms with Gasteiger partial charge in [-0.25, -0.2) is 4.79 Å². The van der Waals surface area contributed by atoms with Crippen LogP contribution in [0, 0.1) is 56.7 Å². The van der Waals surface area contributed by atoms with Gasteiger partial charge >= 0.3 is 5.97 Å². The lowest BCUT2D eigenvalue weighted by atomic mass is 9.32. The largest absolute Gasteiger partial charge is 0.478 e. The van der Waals surface area contributed by atoms with E-state index in [1.165, 1.54) is 42.4 Å². The van der Waals surface area contributed by atoms with Crippen molar-refractivity contribution in [2.45, 2.75) is 113 Å². The number of carboxylic acid groups (broad SMARTS) is 1. The van der Waals surface area contributed by atoms with Gasteiger partial charge in [0.25, 0.3) is 0 Å². The third kappa shape index (κ3) is 5.10. The summed E-state index contributed by atoms with van der Waals surface area (Å²) < 4.78 is 0. The quantitative estimate of drug-likeness (QED) is 0.260. The standard InChI is InChI=1S/C43H64N2O3/c1-10-45(11-2)27-26-44-38(48)43-23-18-31(28(3)4)36(43)33-16-17-35-40(7)21-19-32(29-12-14-30(15-13-29)37(46)47)39(5,6)34(40)20-22-42(35,9)41(33,8)24-25-43/h12-15,19,31,33-36H,3,10-11,16-18,20-27H2,1-2,4-9H3,(H,44,48)(H,46,47)/t31-,33?,34?,35?,36?,40-,41+,42+,43-/m0/s1. The van der Waals surface area contributed by atoms with Crippen molar-refractivity contribution < 1.29 is 14.7 Å². The van der Waals surface area contributed by atoms with Gasteiger partial charge in [0.1, 0.15) is 0 Å². The second-order valence-electron chi connectivity index (χ2n) is 18.1. The molecule has 4 saturated carbocycles. The average Bonchev–Trinajstić information content (AvgIpc) is 3.45. The number of amides is 1. The minimum atomic E-state index is -0.871. The third-order valence-corrected chi connectivity index (χ3v) is 16.1. The number of aromatic carboxylic acids is 1. The Balaban J connectivity index is 1.30. The summed E-state index contributed by atoms with van der Waals surface area (Å²) in [4.78, 5) is 28.3. The van der Waals surface area contributed by atoms with Crippen molar-refractivity contribution >= 4 is 17.4 Å². The summed E-state index contributed by atoms with van der Waals surface area (Å²) in [6, 6.07) is 7.56. The minimum absolute atomic E-state index is 0.00172. The second kappa shape index (κ2) is 12.4. The highest BCUT2D eigenvalue weighted by Gasteiger charge is 2.71. The maximum atomic E-state index is 14.4. The number of benzene rings is 1. The third-order valence-electron chi connectivity index (χ3n) is 16.1. The lowest BCUT2D eigenvalue weighted by Crippen LogP contribution is -2.66. The molecule has 5 heteroatoms. The van der Waals surface area contributed by atoms with Crippen molar-refractivity contribution in [1.82, 2.24) is 10.2 Å². The van der Waals surface area contributed by atoms with Crippen LogP contribution in [-0.2, 0) is 4.79 Å². The van der Waals surface area contributed by atoms with Crippen LogP contribution in [0.1, 0.15) is 129 Å². The molecule has 0 radical (unpaired) electrons. The van der Waals surface area contributed by atoms with E-state index in [4.69, 9.17) is 0 Å². The molecule has 5 aliphatic carbocycles. The molecule has 6 rings (SSSR count). The number of likely N-dealkylation sites (N-methyl/N-ethyl adjacent to an activating group) is 1. The van der Waals surface area contributed by atoms with Crippen LogP contribution in [0.5, 0.6) is 0 Å². The number of hydrogen-bond acceptors (Lipinski definition) is 3. The molecule has 4 fully saturated rings. The lowest BCUT2D eigenvalue weighted by Gasteiger charge is -2.72. The fraction of sp³-hybridized carbons (Fsp3) is 0.721. The van der Waals surface area contributed by atoms with Crippen molar-refractivity contribution in [2.24, 2.45) is 56.7 Å². The van der Waals surface area contributed by atoms with Crippen LogP contribution >= 0.6 is 0 Å². The van der Waals surface area contributed by atoms with Crippen LogP contribution < -0.4 is 5.32 Å². The fourth-order valence-corrected chi connectivity index (χ4v) is 13.5. The van der Waals surface area contributed by atoms with E-state index in [-0.39, 0.29) is 27.1 Å². The molecule has 1 aromatic carbocycles. The molecule has 264 valence electrons. The van der Waals surface area contributed by atoms with Crippen molar-refractivity contribution in [3.8, 4) is 0 Å². The molecule has 5 aliphatic rings. The van der Waals surface area contributed by atoms with Crippen LogP contribution in [0.3, 0.4) is 0 Å². The van der Waals surface area contributed by atoms with Gasteiger partial charge in [-0.15, -0.1) is 0 Å². The summed E-state index contributed by atoms with van der Waals surface area (Å²) >= 11 is 0. The second-order valence-corrected chi connectivity index (χ2v) is 18.1. The molecule has 0 bridgehead atoms. The molecule has 0 aromatic heterocycles. The molecule has 5 nitrogen and oxygen atoms in total. The predicted octanol–water partition coefficient (Wildman–Crippen LogP) is 9.49. The van der Waals surface area contributed by atoms with Gasteiger partial charge in [0.15, 0.2) is 0 Å². The van der Waals surface area contributed by atoms with Crippen LogP contribution in [-0.4, -0.2) is 48.1 Å². The van der Waals surface area contributed by atoms with E-state index in [2.05, 4.69) is 78.3 Å². The summed E-state index contributed by atoms with van der Waals surface area (Å²) in [7, 11) is 0. The van der Waals surface area contributed by atoms with E-state index >= 15 is 0 Å². The van der Waals surface area contributed by atoms with Gasteiger partial charge in [-0.2, -0.15) is 0 Å². The van der Waals surface area contributed by atoms with Gasteiger partial charge in [0, 0.05) is 13.1 Å². The molecule has 4 unspecified atom stereocenters. The smallest absolute Gasteiger partial charge is 0.335 e. The maximum Gasteiger partial charge on any atom is 0.335 e. The summed E-state index contributed by atoms with van der Waals surface area (Å²) in [5, 5.41) is 13.0. The van der Waals surface area contributed by atoms with Gasteiger partial charge in [0.2, 0.25) is 5.91 Å². The molecule has 1 amide bonds. The van der Waals surface area contributed by atoms with Gasteiger partial charge in [-0.05, 0) is 152 Å². The molecular weight excluding hydrogens is 592 g/mol. The summed E-state index contributed by atoms with van der Waals surface area (Å²) in [6.07, 6.45) is 12.8. The lowest BCUT2D eigenvalue weighted by molar-refractivity contribution is -0.225. The van der Waals surface area contributed by atoms with Gasteiger partial charge in [-0.3, -0.25) is 4.79 Å². The van der Waals surface area contributed by atoms with Crippen LogP contribution in [0.25, 0.3) is 5.57 Å². The number of carbonyl (C=O) groups is 2. The predicted molar refractivity (Wildman–Crippen MR) is 197 cm³/mol. The molecule has 1 aromatic rings. The Kier molecular flexibility index (Phi) is 9.17. The first kappa shape index (κ1) is 35.4. The van der Waals surface area contributed by atoms with E-state index in [1.807, 2.05) is 12.1 Å². The highest BCUT2D eigenvalue weighted by molar-refractivity contribution is 5.88. The van der Waals surface area contributed by atoms with E-state index in [0.717, 1.165) is 58.3 Å². The van der Waals surface area contributed by atoms with Crippen LogP contribution in [0.4, 0.5) is 0 Å². The number of nitrogens with zero attached hydrogens (tertiary/aromatic N) is 1. The van der Waals surface area contributed by atoms with Crippen molar-refractivity contribution in [3.63, 3.8) is 0 Å². The number of fused-ring (bicyclic) bond motifs is 7. The van der Waals surface area contributed by atoms with E-state index < -0.39 is 5.97 Å². The molecule has 48 heavy (non-hydrogen) atoms. The Morgan fingerprint density at radius 2 is 1.58 bits per heavy atom. The Bertz CT molecular complexity index is 1460. The highest BCUT2D eigenvalue weighted by atomic mass is 16.4. The molecule has 0 heterocycles. The normalized spacial score (nSPS) is 39.8. The summed E-state index contributed by atoms with van der Waals surface area (Å²) in [5.41, 5.74) is 4.54. The monoisotopic (exact) mass is 656 g/mol. The van der Waals surface area contributed by atoms with Gasteiger partial charge < -0.3 is 15.3 Å². The number of carbonyl (C=O) groups excluding carboxylic acids is 1. The fourth-order valence-electron chi connectivity index (χ4n) is 13.5. The average molecular weight is 657 g/mol.